The largest absolute Gasteiger partial charge is 0.460 e. The Hall–Kier alpha value is -0.830. The maximum atomic E-state index is 10.7. The zero-order valence-corrected chi connectivity index (χ0v) is 8.54. The highest BCUT2D eigenvalue weighted by Gasteiger charge is 2.13. The Kier molecular flexibility index (Phi) is 5.30. The number of carbonyl (C=O) groups excluding carboxylic acids is 1. The van der Waals surface area contributed by atoms with Gasteiger partial charge in [0.05, 0.1) is 12.7 Å². The molecule has 1 saturated carbocycles. The normalized spacial score (nSPS) is 17.7. The van der Waals surface area contributed by atoms with Gasteiger partial charge in [-0.2, -0.15) is 0 Å². The van der Waals surface area contributed by atoms with Crippen LogP contribution in [0.2, 0.25) is 0 Å². The molecule has 0 aromatic carbocycles. The minimum atomic E-state index is -0.378. The van der Waals surface area contributed by atoms with Crippen LogP contribution in [-0.4, -0.2) is 25.3 Å². The second kappa shape index (κ2) is 6.60. The predicted octanol–water partition coefficient (Wildman–Crippen LogP) is 2.06. The number of hydrogen-bond acceptors (Lipinski definition) is 3. The predicted molar refractivity (Wildman–Crippen MR) is 54.0 cm³/mol. The highest BCUT2D eigenvalue weighted by molar-refractivity contribution is 5.81. The van der Waals surface area contributed by atoms with Crippen molar-refractivity contribution in [3.8, 4) is 0 Å². The van der Waals surface area contributed by atoms with Gasteiger partial charge in [0, 0.05) is 6.08 Å². The quantitative estimate of drug-likeness (QED) is 0.385. The fraction of sp³-hybridized carbons (Fsp3) is 0.727. The van der Waals surface area contributed by atoms with Gasteiger partial charge in [0.1, 0.15) is 6.61 Å². The van der Waals surface area contributed by atoms with Crippen LogP contribution in [0.5, 0.6) is 0 Å². The summed E-state index contributed by atoms with van der Waals surface area (Å²) in [5, 5.41) is 0. The first-order chi connectivity index (χ1) is 6.83. The van der Waals surface area contributed by atoms with Gasteiger partial charge in [0.25, 0.3) is 0 Å². The molecular formula is C11H18O3. The molecule has 0 N–H and O–H groups in total. The molecule has 3 heteroatoms. The number of hydrogen-bond donors (Lipinski definition) is 0. The van der Waals surface area contributed by atoms with E-state index in [0.29, 0.717) is 19.3 Å². The van der Waals surface area contributed by atoms with Gasteiger partial charge in [-0.15, -0.1) is 0 Å². The van der Waals surface area contributed by atoms with Crippen LogP contribution in [0.15, 0.2) is 12.7 Å². The molecule has 0 unspecified atom stereocenters. The van der Waals surface area contributed by atoms with Crippen LogP contribution in [0.25, 0.3) is 0 Å². The fourth-order valence-electron chi connectivity index (χ4n) is 1.65. The van der Waals surface area contributed by atoms with E-state index >= 15 is 0 Å². The summed E-state index contributed by atoms with van der Waals surface area (Å²) in [6.07, 6.45) is 7.69. The Morgan fingerprint density at radius 2 is 2.00 bits per heavy atom. The van der Waals surface area contributed by atoms with E-state index in [4.69, 9.17) is 9.47 Å². The van der Waals surface area contributed by atoms with Crippen LogP contribution in [0.1, 0.15) is 32.1 Å². The summed E-state index contributed by atoms with van der Waals surface area (Å²) < 4.78 is 10.4. The van der Waals surface area contributed by atoms with E-state index in [1.54, 1.807) is 0 Å². The molecule has 0 atom stereocenters. The fourth-order valence-corrected chi connectivity index (χ4v) is 1.65. The van der Waals surface area contributed by atoms with Crippen LogP contribution in [-0.2, 0) is 14.3 Å². The molecule has 80 valence electrons. The van der Waals surface area contributed by atoms with E-state index in [2.05, 4.69) is 6.58 Å². The van der Waals surface area contributed by atoms with Crippen LogP contribution >= 0.6 is 0 Å². The van der Waals surface area contributed by atoms with Crippen LogP contribution < -0.4 is 0 Å². The van der Waals surface area contributed by atoms with Crippen LogP contribution in [0.3, 0.4) is 0 Å². The first-order valence-corrected chi connectivity index (χ1v) is 5.23. The summed E-state index contributed by atoms with van der Waals surface area (Å²) >= 11 is 0. The van der Waals surface area contributed by atoms with Crippen molar-refractivity contribution in [2.24, 2.45) is 0 Å². The van der Waals surface area contributed by atoms with E-state index in [1.165, 1.54) is 25.3 Å². The molecule has 0 bridgehead atoms. The first-order valence-electron chi connectivity index (χ1n) is 5.23. The topological polar surface area (TPSA) is 35.5 Å². The molecule has 0 spiro atoms. The molecule has 0 aromatic rings. The summed E-state index contributed by atoms with van der Waals surface area (Å²) in [5.41, 5.74) is 0. The minimum Gasteiger partial charge on any atom is -0.460 e. The van der Waals surface area contributed by atoms with Crippen molar-refractivity contribution >= 4 is 5.97 Å². The standard InChI is InChI=1S/C11H18O3/c1-2-11(12)14-9-8-13-10-6-4-3-5-7-10/h2,10H,1,3-9H2. The van der Waals surface area contributed by atoms with Gasteiger partial charge < -0.3 is 9.47 Å². The summed E-state index contributed by atoms with van der Waals surface area (Å²) in [4.78, 5) is 10.7. The van der Waals surface area contributed by atoms with Gasteiger partial charge in [-0.25, -0.2) is 4.79 Å². The van der Waals surface area contributed by atoms with Crippen molar-refractivity contribution in [3.05, 3.63) is 12.7 Å². The second-order valence-corrected chi connectivity index (χ2v) is 3.50. The van der Waals surface area contributed by atoms with Gasteiger partial charge in [0.2, 0.25) is 0 Å². The Morgan fingerprint density at radius 1 is 1.29 bits per heavy atom. The molecule has 1 aliphatic rings. The average Bonchev–Trinajstić information content (AvgIpc) is 2.25. The molecule has 0 aromatic heterocycles. The summed E-state index contributed by atoms with van der Waals surface area (Å²) in [6, 6.07) is 0. The van der Waals surface area contributed by atoms with E-state index in [1.807, 2.05) is 0 Å². The molecule has 14 heavy (non-hydrogen) atoms. The van der Waals surface area contributed by atoms with Crippen molar-refractivity contribution in [3.63, 3.8) is 0 Å². The first kappa shape index (κ1) is 11.2. The van der Waals surface area contributed by atoms with E-state index in [9.17, 15) is 4.79 Å². The average molecular weight is 198 g/mol. The number of ether oxygens (including phenoxy) is 2. The zero-order valence-electron chi connectivity index (χ0n) is 8.54. The summed E-state index contributed by atoms with van der Waals surface area (Å²) in [6.45, 7) is 4.15. The molecule has 0 radical (unpaired) electrons. The molecular weight excluding hydrogens is 180 g/mol. The van der Waals surface area contributed by atoms with E-state index < -0.39 is 0 Å². The molecule has 0 aliphatic heterocycles. The maximum absolute atomic E-state index is 10.7. The lowest BCUT2D eigenvalue weighted by Crippen LogP contribution is -2.19. The molecule has 1 rings (SSSR count). The Balaban J connectivity index is 1.97. The lowest BCUT2D eigenvalue weighted by Gasteiger charge is -2.21. The van der Waals surface area contributed by atoms with Crippen molar-refractivity contribution in [1.29, 1.82) is 0 Å². The Morgan fingerprint density at radius 3 is 2.64 bits per heavy atom. The van der Waals surface area contributed by atoms with Gasteiger partial charge in [-0.05, 0) is 12.8 Å². The van der Waals surface area contributed by atoms with Crippen LogP contribution in [0, 0.1) is 0 Å². The molecule has 3 nitrogen and oxygen atoms in total. The van der Waals surface area contributed by atoms with Gasteiger partial charge in [0.15, 0.2) is 0 Å². The van der Waals surface area contributed by atoms with Crippen molar-refractivity contribution in [1.82, 2.24) is 0 Å². The van der Waals surface area contributed by atoms with Crippen molar-refractivity contribution in [2.75, 3.05) is 13.2 Å². The van der Waals surface area contributed by atoms with Gasteiger partial charge in [-0.1, -0.05) is 25.8 Å². The third-order valence-electron chi connectivity index (χ3n) is 2.40. The summed E-state index contributed by atoms with van der Waals surface area (Å²) in [5.74, 6) is -0.378. The highest BCUT2D eigenvalue weighted by atomic mass is 16.6. The van der Waals surface area contributed by atoms with E-state index in [0.717, 1.165) is 12.8 Å². The zero-order chi connectivity index (χ0) is 10.2. The van der Waals surface area contributed by atoms with Crippen molar-refractivity contribution in [2.45, 2.75) is 38.2 Å². The van der Waals surface area contributed by atoms with Crippen LogP contribution in [0.4, 0.5) is 0 Å². The molecule has 1 fully saturated rings. The van der Waals surface area contributed by atoms with Gasteiger partial charge in [-0.3, -0.25) is 0 Å². The summed E-state index contributed by atoms with van der Waals surface area (Å²) in [7, 11) is 0. The number of carbonyl (C=O) groups is 1. The van der Waals surface area contributed by atoms with Crippen molar-refractivity contribution < 1.29 is 14.3 Å². The van der Waals surface area contributed by atoms with E-state index in [-0.39, 0.29) is 5.97 Å². The Labute approximate surface area is 85.1 Å². The second-order valence-electron chi connectivity index (χ2n) is 3.50. The number of esters is 1. The van der Waals surface area contributed by atoms with Gasteiger partial charge >= 0.3 is 5.97 Å². The molecule has 1 aliphatic carbocycles. The molecule has 0 saturated heterocycles. The lowest BCUT2D eigenvalue weighted by atomic mass is 9.98. The SMILES string of the molecule is C=CC(=O)OCCOC1CCCCC1. The molecule has 0 heterocycles. The number of rotatable bonds is 5. The third-order valence-corrected chi connectivity index (χ3v) is 2.40. The third kappa shape index (κ3) is 4.42. The smallest absolute Gasteiger partial charge is 0.330 e. The lowest BCUT2D eigenvalue weighted by molar-refractivity contribution is -0.140. The highest BCUT2D eigenvalue weighted by Crippen LogP contribution is 2.19. The Bertz CT molecular complexity index is 183. The minimum absolute atomic E-state index is 0.335. The molecule has 0 amide bonds. The monoisotopic (exact) mass is 198 g/mol. The maximum Gasteiger partial charge on any atom is 0.330 e.